The zero-order valence-corrected chi connectivity index (χ0v) is 37.3. The third kappa shape index (κ3) is 5.17. The number of nitrogen functional groups attached to an aromatic ring is 1. The normalized spacial score (nSPS) is 13.9. The van der Waals surface area contributed by atoms with Gasteiger partial charge in [0.2, 0.25) is 0 Å². The molecule has 0 unspecified atom stereocenters. The van der Waals surface area contributed by atoms with E-state index >= 15 is 0 Å². The fourth-order valence-electron chi connectivity index (χ4n) is 12.6. The molecule has 2 N–H and O–H groups in total. The van der Waals surface area contributed by atoms with Gasteiger partial charge in [0.15, 0.2) is 0 Å². The molecule has 0 spiro atoms. The zero-order chi connectivity index (χ0) is 45.0. The minimum absolute atomic E-state index is 0.494. The SMILES string of the molecule is Nc1ccc2ccc3c(N(c4ccc(C5(c6ccccc6)c6ccccc6-c6ccccc65)cc4)c4ccc(C5(c6ccccc6)c6ccccc6-c6ccccc65)cc4)ccc4ccc1c2c43. The summed E-state index contributed by atoms with van der Waals surface area (Å²) in [5.74, 6) is 0. The number of fused-ring (bicyclic) bond motifs is 6. The van der Waals surface area contributed by atoms with E-state index in [0.29, 0.717) is 0 Å². The Morgan fingerprint density at radius 2 is 0.618 bits per heavy atom. The molecule has 12 aromatic carbocycles. The quantitative estimate of drug-likeness (QED) is 0.128. The predicted molar refractivity (Wildman–Crippen MR) is 284 cm³/mol. The molecule has 12 aromatic rings. The number of hydrogen-bond donors (Lipinski definition) is 1. The molecule has 0 saturated carbocycles. The molecule has 318 valence electrons. The molecule has 2 aliphatic carbocycles. The highest BCUT2D eigenvalue weighted by Gasteiger charge is 2.47. The van der Waals surface area contributed by atoms with Gasteiger partial charge in [-0.3, -0.25) is 0 Å². The van der Waals surface area contributed by atoms with Crippen LogP contribution in [0.5, 0.6) is 0 Å². The molecule has 14 rings (SSSR count). The van der Waals surface area contributed by atoms with E-state index in [4.69, 9.17) is 5.73 Å². The van der Waals surface area contributed by atoms with Crippen LogP contribution in [0.2, 0.25) is 0 Å². The van der Waals surface area contributed by atoms with Crippen molar-refractivity contribution in [3.05, 3.63) is 299 Å². The monoisotopic (exact) mass is 864 g/mol. The van der Waals surface area contributed by atoms with Crippen molar-refractivity contribution in [2.24, 2.45) is 0 Å². The Morgan fingerprint density at radius 1 is 0.279 bits per heavy atom. The molecular weight excluding hydrogens is 821 g/mol. The van der Waals surface area contributed by atoms with E-state index in [9.17, 15) is 0 Å². The van der Waals surface area contributed by atoms with Crippen molar-refractivity contribution in [3.63, 3.8) is 0 Å². The van der Waals surface area contributed by atoms with Crippen molar-refractivity contribution in [2.45, 2.75) is 10.8 Å². The molecule has 2 heteroatoms. The van der Waals surface area contributed by atoms with Gasteiger partial charge in [0.1, 0.15) is 0 Å². The number of hydrogen-bond acceptors (Lipinski definition) is 2. The van der Waals surface area contributed by atoms with E-state index in [1.807, 2.05) is 6.07 Å². The van der Waals surface area contributed by atoms with Gasteiger partial charge < -0.3 is 10.6 Å². The maximum atomic E-state index is 6.69. The lowest BCUT2D eigenvalue weighted by Gasteiger charge is -2.35. The Kier molecular flexibility index (Phi) is 8.30. The van der Waals surface area contributed by atoms with E-state index in [2.05, 4.69) is 254 Å². The average Bonchev–Trinajstić information content (AvgIpc) is 3.89. The van der Waals surface area contributed by atoms with Gasteiger partial charge in [-0.1, -0.05) is 218 Å². The Hall–Kier alpha value is -8.72. The first-order valence-corrected chi connectivity index (χ1v) is 23.6. The fourth-order valence-corrected chi connectivity index (χ4v) is 12.6. The maximum absolute atomic E-state index is 6.69. The smallest absolute Gasteiger partial charge is 0.0713 e. The van der Waals surface area contributed by atoms with Crippen LogP contribution < -0.4 is 10.6 Å². The molecule has 0 aromatic heterocycles. The summed E-state index contributed by atoms with van der Waals surface area (Å²) >= 11 is 0. The Morgan fingerprint density at radius 3 is 1.06 bits per heavy atom. The summed E-state index contributed by atoms with van der Waals surface area (Å²) in [6.07, 6.45) is 0. The third-order valence-electron chi connectivity index (χ3n) is 15.4. The highest BCUT2D eigenvalue weighted by molar-refractivity contribution is 6.27. The van der Waals surface area contributed by atoms with Gasteiger partial charge in [-0.05, 0) is 125 Å². The van der Waals surface area contributed by atoms with Crippen molar-refractivity contribution in [1.29, 1.82) is 0 Å². The topological polar surface area (TPSA) is 29.3 Å². The molecule has 2 nitrogen and oxygen atoms in total. The van der Waals surface area contributed by atoms with E-state index in [0.717, 1.165) is 28.1 Å². The maximum Gasteiger partial charge on any atom is 0.0713 e. The summed E-state index contributed by atoms with van der Waals surface area (Å²) < 4.78 is 0. The van der Waals surface area contributed by atoms with Crippen LogP contribution in [0.3, 0.4) is 0 Å². The summed E-state index contributed by atoms with van der Waals surface area (Å²) in [6, 6.07) is 94.5. The fraction of sp³-hybridized carbons (Fsp3) is 0.0303. The Balaban J connectivity index is 0.997. The zero-order valence-electron chi connectivity index (χ0n) is 37.3. The van der Waals surface area contributed by atoms with Crippen LogP contribution in [0.4, 0.5) is 22.7 Å². The molecule has 0 aliphatic heterocycles. The number of benzene rings is 12. The van der Waals surface area contributed by atoms with Crippen molar-refractivity contribution in [2.75, 3.05) is 10.6 Å². The molecule has 0 amide bonds. The number of rotatable bonds is 7. The van der Waals surface area contributed by atoms with Crippen LogP contribution in [-0.2, 0) is 10.8 Å². The summed E-state index contributed by atoms with van der Waals surface area (Å²) in [5.41, 5.74) is 25.1. The van der Waals surface area contributed by atoms with E-state index in [1.54, 1.807) is 0 Å². The lowest BCUT2D eigenvalue weighted by atomic mass is 9.67. The van der Waals surface area contributed by atoms with Gasteiger partial charge in [0.25, 0.3) is 0 Å². The van der Waals surface area contributed by atoms with Crippen molar-refractivity contribution < 1.29 is 0 Å². The molecule has 0 fully saturated rings. The molecule has 68 heavy (non-hydrogen) atoms. The summed E-state index contributed by atoms with van der Waals surface area (Å²) in [7, 11) is 0. The van der Waals surface area contributed by atoms with Crippen LogP contribution in [-0.4, -0.2) is 0 Å². The Labute approximate surface area is 396 Å². The van der Waals surface area contributed by atoms with Crippen molar-refractivity contribution in [1.82, 2.24) is 0 Å². The van der Waals surface area contributed by atoms with Crippen LogP contribution in [0.25, 0.3) is 54.6 Å². The van der Waals surface area contributed by atoms with Crippen LogP contribution in [0.15, 0.2) is 255 Å². The lowest BCUT2D eigenvalue weighted by molar-refractivity contribution is 0.768. The van der Waals surface area contributed by atoms with Gasteiger partial charge in [0.05, 0.1) is 16.5 Å². The number of anilines is 4. The first-order chi connectivity index (χ1) is 33.7. The van der Waals surface area contributed by atoms with Crippen molar-refractivity contribution >= 4 is 55.1 Å². The molecule has 0 bridgehead atoms. The number of nitrogens with zero attached hydrogens (tertiary/aromatic N) is 1. The van der Waals surface area contributed by atoms with Crippen molar-refractivity contribution in [3.8, 4) is 22.3 Å². The predicted octanol–water partition coefficient (Wildman–Crippen LogP) is 16.4. The van der Waals surface area contributed by atoms with Crippen LogP contribution in [0, 0.1) is 0 Å². The highest BCUT2D eigenvalue weighted by atomic mass is 15.1. The lowest BCUT2D eigenvalue weighted by Crippen LogP contribution is -2.28. The van der Waals surface area contributed by atoms with Gasteiger partial charge in [-0.25, -0.2) is 0 Å². The first-order valence-electron chi connectivity index (χ1n) is 23.6. The summed E-state index contributed by atoms with van der Waals surface area (Å²) in [4.78, 5) is 2.46. The molecule has 0 radical (unpaired) electrons. The molecular formula is C66H44N2. The molecule has 2 aliphatic rings. The summed E-state index contributed by atoms with van der Waals surface area (Å²) in [5, 5.41) is 7.09. The van der Waals surface area contributed by atoms with E-state index < -0.39 is 10.8 Å². The largest absolute Gasteiger partial charge is 0.398 e. The second-order valence-corrected chi connectivity index (χ2v) is 18.5. The third-order valence-corrected chi connectivity index (χ3v) is 15.4. The second-order valence-electron chi connectivity index (χ2n) is 18.5. The van der Waals surface area contributed by atoms with Crippen LogP contribution in [0.1, 0.15) is 44.5 Å². The van der Waals surface area contributed by atoms with Gasteiger partial charge in [0, 0.05) is 27.8 Å². The molecule has 0 atom stereocenters. The first kappa shape index (κ1) is 38.5. The average molecular weight is 865 g/mol. The standard InChI is InChI=1S/C66H44N2/c67-61-41-29-43-28-40-56-62(42-30-44-27-39-55(61)63(43)64(44)56)68(49-35-31-47(32-36-49)65(45-15-3-1-4-16-45)57-23-11-7-19-51(57)52-20-8-12-24-58(52)65)50-37-33-48(34-38-50)66(46-17-5-2-6-18-46)59-25-13-9-21-53(59)54-22-10-14-26-60(54)66/h1-42H,67H2. The minimum Gasteiger partial charge on any atom is -0.398 e. The van der Waals surface area contributed by atoms with E-state index in [1.165, 1.54) is 93.7 Å². The second kappa shape index (κ2) is 14.6. The summed E-state index contributed by atoms with van der Waals surface area (Å²) in [6.45, 7) is 0. The minimum atomic E-state index is -0.494. The van der Waals surface area contributed by atoms with Crippen LogP contribution >= 0.6 is 0 Å². The van der Waals surface area contributed by atoms with Gasteiger partial charge in [-0.15, -0.1) is 0 Å². The number of nitrogens with two attached hydrogens (primary N) is 1. The molecule has 0 heterocycles. The highest BCUT2D eigenvalue weighted by Crippen LogP contribution is 2.58. The van der Waals surface area contributed by atoms with Gasteiger partial charge in [-0.2, -0.15) is 0 Å². The Bertz CT molecular complexity index is 3640. The van der Waals surface area contributed by atoms with E-state index in [-0.39, 0.29) is 0 Å². The van der Waals surface area contributed by atoms with Gasteiger partial charge >= 0.3 is 0 Å². The molecule has 0 saturated heterocycles.